The van der Waals surface area contributed by atoms with Crippen LogP contribution in [0.3, 0.4) is 0 Å². The Balaban J connectivity index is 2.37. The van der Waals surface area contributed by atoms with E-state index in [2.05, 4.69) is 5.32 Å². The first-order valence-electron chi connectivity index (χ1n) is 5.62. The fourth-order valence-electron chi connectivity index (χ4n) is 1.69. The largest absolute Gasteiger partial charge is 0.494 e. The Morgan fingerprint density at radius 3 is 2.45 bits per heavy atom. The summed E-state index contributed by atoms with van der Waals surface area (Å²) in [6.45, 7) is 0. The summed E-state index contributed by atoms with van der Waals surface area (Å²) in [5.74, 6) is -0.139. The Labute approximate surface area is 131 Å². The van der Waals surface area contributed by atoms with Crippen molar-refractivity contribution in [3.05, 3.63) is 57.0 Å². The Morgan fingerprint density at radius 1 is 1.10 bits per heavy atom. The second-order valence-electron chi connectivity index (χ2n) is 3.90. The van der Waals surface area contributed by atoms with Crippen molar-refractivity contribution in [2.45, 2.75) is 0 Å². The minimum Gasteiger partial charge on any atom is -0.494 e. The lowest BCUT2D eigenvalue weighted by molar-refractivity contribution is 0.102. The summed E-state index contributed by atoms with van der Waals surface area (Å²) in [4.78, 5) is 12.3. The first kappa shape index (κ1) is 15.0. The number of anilines is 1. The second kappa shape index (κ2) is 6.35. The number of benzene rings is 2. The van der Waals surface area contributed by atoms with E-state index in [-0.39, 0.29) is 16.3 Å². The van der Waals surface area contributed by atoms with Crippen molar-refractivity contribution in [1.82, 2.24) is 0 Å². The molecule has 0 spiro atoms. The fraction of sp³-hybridized carbons (Fsp3) is 0.0714. The number of hydrogen-bond donors (Lipinski definition) is 1. The fourth-order valence-corrected chi connectivity index (χ4v) is 2.44. The number of para-hydroxylation sites is 1. The summed E-state index contributed by atoms with van der Waals surface area (Å²) in [7, 11) is 1.43. The minimum absolute atomic E-state index is 0.241. The molecule has 0 atom stereocenters. The van der Waals surface area contributed by atoms with Gasteiger partial charge in [0.2, 0.25) is 0 Å². The lowest BCUT2D eigenvalue weighted by Gasteiger charge is -2.12. The third kappa shape index (κ3) is 3.18. The van der Waals surface area contributed by atoms with Crippen molar-refractivity contribution in [1.29, 1.82) is 0 Å². The van der Waals surface area contributed by atoms with Crippen LogP contribution in [0.15, 0.2) is 36.4 Å². The van der Waals surface area contributed by atoms with E-state index in [4.69, 9.17) is 39.5 Å². The highest BCUT2D eigenvalue weighted by molar-refractivity contribution is 6.37. The molecular formula is C14H10Cl3NO2. The zero-order valence-corrected chi connectivity index (χ0v) is 12.7. The number of carbonyl (C=O) groups is 1. The normalized spacial score (nSPS) is 10.2. The third-order valence-corrected chi connectivity index (χ3v) is 3.41. The zero-order valence-electron chi connectivity index (χ0n) is 10.4. The average Bonchev–Trinajstić information content (AvgIpc) is 2.40. The Bertz CT molecular complexity index is 659. The van der Waals surface area contributed by atoms with E-state index >= 15 is 0 Å². The van der Waals surface area contributed by atoms with Crippen molar-refractivity contribution in [2.75, 3.05) is 12.4 Å². The molecule has 0 bridgehead atoms. The lowest BCUT2D eigenvalue weighted by atomic mass is 10.1. The second-order valence-corrected chi connectivity index (χ2v) is 5.15. The van der Waals surface area contributed by atoms with E-state index in [0.717, 1.165) is 0 Å². The molecule has 20 heavy (non-hydrogen) atoms. The highest BCUT2D eigenvalue weighted by Crippen LogP contribution is 2.33. The van der Waals surface area contributed by atoms with E-state index in [1.54, 1.807) is 24.3 Å². The number of methoxy groups -OCH3 is 1. The van der Waals surface area contributed by atoms with Gasteiger partial charge in [-0.2, -0.15) is 0 Å². The molecule has 1 N–H and O–H groups in total. The molecule has 0 aliphatic heterocycles. The van der Waals surface area contributed by atoms with Crippen LogP contribution in [0.2, 0.25) is 15.1 Å². The van der Waals surface area contributed by atoms with E-state index in [9.17, 15) is 4.79 Å². The van der Waals surface area contributed by atoms with Gasteiger partial charge in [-0.3, -0.25) is 4.79 Å². The number of hydrogen-bond acceptors (Lipinski definition) is 2. The number of amides is 1. The Morgan fingerprint density at radius 2 is 1.80 bits per heavy atom. The summed E-state index contributed by atoms with van der Waals surface area (Å²) in [6.07, 6.45) is 0. The predicted octanol–water partition coefficient (Wildman–Crippen LogP) is 4.91. The topological polar surface area (TPSA) is 38.3 Å². The molecule has 1 amide bonds. The summed E-state index contributed by atoms with van der Waals surface area (Å²) in [5, 5.41) is 3.74. The van der Waals surface area contributed by atoms with Crippen LogP contribution in [0.1, 0.15) is 10.4 Å². The van der Waals surface area contributed by atoms with Gasteiger partial charge in [-0.15, -0.1) is 0 Å². The Kier molecular flexibility index (Phi) is 4.76. The molecule has 0 fully saturated rings. The van der Waals surface area contributed by atoms with Crippen molar-refractivity contribution >= 4 is 46.4 Å². The third-order valence-electron chi connectivity index (χ3n) is 2.58. The van der Waals surface area contributed by atoms with Gasteiger partial charge in [0.25, 0.3) is 5.91 Å². The highest BCUT2D eigenvalue weighted by Gasteiger charge is 2.17. The molecule has 6 heteroatoms. The molecular weight excluding hydrogens is 321 g/mol. The molecule has 0 radical (unpaired) electrons. The van der Waals surface area contributed by atoms with Crippen LogP contribution in [0.25, 0.3) is 0 Å². The van der Waals surface area contributed by atoms with Gasteiger partial charge in [0.05, 0.1) is 28.4 Å². The van der Waals surface area contributed by atoms with Gasteiger partial charge in [0.15, 0.2) is 0 Å². The molecule has 2 rings (SSSR count). The molecule has 2 aromatic rings. The molecule has 0 unspecified atom stereocenters. The van der Waals surface area contributed by atoms with Crippen LogP contribution in [-0.2, 0) is 0 Å². The van der Waals surface area contributed by atoms with E-state index in [1.165, 1.54) is 19.2 Å². The quantitative estimate of drug-likeness (QED) is 0.868. The van der Waals surface area contributed by atoms with Crippen molar-refractivity contribution in [3.63, 3.8) is 0 Å². The Hall–Kier alpha value is -1.42. The maximum atomic E-state index is 12.3. The van der Waals surface area contributed by atoms with E-state index in [1.807, 2.05) is 0 Å². The van der Waals surface area contributed by atoms with Crippen LogP contribution < -0.4 is 10.1 Å². The smallest absolute Gasteiger partial charge is 0.259 e. The standard InChI is InChI=1S/C14H10Cl3NO2/c1-20-13-9(6-8(15)7-11(13)17)14(19)18-12-5-3-2-4-10(12)16/h2-7H,1H3,(H,18,19). The minimum atomic E-state index is -0.403. The first-order valence-corrected chi connectivity index (χ1v) is 6.75. The number of carbonyl (C=O) groups excluding carboxylic acids is 1. The molecule has 0 saturated heterocycles. The van der Waals surface area contributed by atoms with Crippen molar-refractivity contribution in [3.8, 4) is 5.75 Å². The molecule has 2 aromatic carbocycles. The van der Waals surface area contributed by atoms with Gasteiger partial charge in [-0.05, 0) is 24.3 Å². The van der Waals surface area contributed by atoms with Crippen LogP contribution in [-0.4, -0.2) is 13.0 Å². The number of ether oxygens (including phenoxy) is 1. The van der Waals surface area contributed by atoms with Crippen LogP contribution in [0.5, 0.6) is 5.75 Å². The molecule has 0 aliphatic carbocycles. The van der Waals surface area contributed by atoms with Crippen LogP contribution in [0, 0.1) is 0 Å². The summed E-state index contributed by atoms with van der Waals surface area (Å²) in [5.41, 5.74) is 0.738. The molecule has 0 heterocycles. The van der Waals surface area contributed by atoms with Crippen LogP contribution >= 0.6 is 34.8 Å². The molecule has 104 valence electrons. The highest BCUT2D eigenvalue weighted by atomic mass is 35.5. The summed E-state index contributed by atoms with van der Waals surface area (Å²) < 4.78 is 5.14. The number of halogens is 3. The van der Waals surface area contributed by atoms with Crippen LogP contribution in [0.4, 0.5) is 5.69 Å². The van der Waals surface area contributed by atoms with Gasteiger partial charge < -0.3 is 10.1 Å². The van der Waals surface area contributed by atoms with Gasteiger partial charge >= 0.3 is 0 Å². The molecule has 3 nitrogen and oxygen atoms in total. The summed E-state index contributed by atoms with van der Waals surface area (Å²) >= 11 is 17.9. The van der Waals surface area contributed by atoms with Crippen molar-refractivity contribution < 1.29 is 9.53 Å². The predicted molar refractivity (Wildman–Crippen MR) is 82.4 cm³/mol. The maximum absolute atomic E-state index is 12.3. The molecule has 0 aromatic heterocycles. The number of nitrogens with one attached hydrogen (secondary N) is 1. The average molecular weight is 331 g/mol. The molecule has 0 aliphatic rings. The van der Waals surface area contributed by atoms with Gasteiger partial charge in [0, 0.05) is 5.02 Å². The first-order chi connectivity index (χ1) is 9.52. The molecule has 0 saturated carbocycles. The maximum Gasteiger partial charge on any atom is 0.259 e. The number of rotatable bonds is 3. The zero-order chi connectivity index (χ0) is 14.7. The monoisotopic (exact) mass is 329 g/mol. The summed E-state index contributed by atoms with van der Waals surface area (Å²) in [6, 6.07) is 9.91. The van der Waals surface area contributed by atoms with E-state index in [0.29, 0.717) is 15.7 Å². The van der Waals surface area contributed by atoms with Gasteiger partial charge in [-0.25, -0.2) is 0 Å². The van der Waals surface area contributed by atoms with Gasteiger partial charge in [-0.1, -0.05) is 46.9 Å². The van der Waals surface area contributed by atoms with Gasteiger partial charge in [0.1, 0.15) is 5.75 Å². The van der Waals surface area contributed by atoms with E-state index < -0.39 is 5.91 Å². The lowest BCUT2D eigenvalue weighted by Crippen LogP contribution is -2.13. The SMILES string of the molecule is COc1c(Cl)cc(Cl)cc1C(=O)Nc1ccccc1Cl. The van der Waals surface area contributed by atoms with Crippen molar-refractivity contribution in [2.24, 2.45) is 0 Å².